The predicted molar refractivity (Wildman–Crippen MR) is 93.4 cm³/mol. The van der Waals surface area contributed by atoms with Crippen molar-refractivity contribution >= 4 is 22.7 Å². The second kappa shape index (κ2) is 7.18. The molecule has 128 valence electrons. The minimum Gasteiger partial charge on any atom is -0.480 e. The number of carbonyl (C=O) groups excluding carboxylic acids is 1. The third kappa shape index (κ3) is 3.22. The Kier molecular flexibility index (Phi) is 5.00. The Morgan fingerprint density at radius 3 is 2.79 bits per heavy atom. The van der Waals surface area contributed by atoms with Gasteiger partial charge in [0, 0.05) is 42.2 Å². The van der Waals surface area contributed by atoms with Crippen molar-refractivity contribution in [3.05, 3.63) is 36.0 Å². The summed E-state index contributed by atoms with van der Waals surface area (Å²) < 4.78 is 2.09. The number of hydrogen-bond donors (Lipinski definition) is 1. The van der Waals surface area contributed by atoms with Crippen molar-refractivity contribution in [1.82, 2.24) is 9.47 Å². The van der Waals surface area contributed by atoms with Crippen LogP contribution in [0.3, 0.4) is 0 Å². The summed E-state index contributed by atoms with van der Waals surface area (Å²) in [5.41, 5.74) is 1.82. The first kappa shape index (κ1) is 16.7. The van der Waals surface area contributed by atoms with Crippen LogP contribution in [0, 0.1) is 0 Å². The number of ketones is 1. The number of aliphatic carboxylic acids is 1. The van der Waals surface area contributed by atoms with E-state index in [1.807, 2.05) is 35.4 Å². The maximum atomic E-state index is 12.7. The zero-order chi connectivity index (χ0) is 17.1. The van der Waals surface area contributed by atoms with E-state index in [2.05, 4.69) is 11.5 Å². The fourth-order valence-electron chi connectivity index (χ4n) is 3.65. The van der Waals surface area contributed by atoms with E-state index >= 15 is 0 Å². The van der Waals surface area contributed by atoms with E-state index in [0.29, 0.717) is 19.4 Å². The number of piperidine rings is 1. The normalized spacial score (nSPS) is 18.8. The SMILES string of the molecule is CCn1cc(C(=O)CCN2CCCCC2C(=O)O)c2ccccc21. The van der Waals surface area contributed by atoms with Crippen molar-refractivity contribution in [1.29, 1.82) is 0 Å². The molecule has 24 heavy (non-hydrogen) atoms. The summed E-state index contributed by atoms with van der Waals surface area (Å²) in [6.07, 6.45) is 4.93. The lowest BCUT2D eigenvalue weighted by molar-refractivity contribution is -0.144. The lowest BCUT2D eigenvalue weighted by Gasteiger charge is -2.32. The molecule has 1 atom stereocenters. The summed E-state index contributed by atoms with van der Waals surface area (Å²) in [6.45, 7) is 4.16. The Hall–Kier alpha value is -2.14. The molecule has 0 amide bonds. The molecule has 1 saturated heterocycles. The molecule has 1 aliphatic heterocycles. The molecule has 1 unspecified atom stereocenters. The van der Waals surface area contributed by atoms with Gasteiger partial charge in [-0.2, -0.15) is 0 Å². The van der Waals surface area contributed by atoms with Gasteiger partial charge in [-0.15, -0.1) is 0 Å². The molecule has 2 heterocycles. The first-order valence-electron chi connectivity index (χ1n) is 8.69. The average Bonchev–Trinajstić information content (AvgIpc) is 2.99. The van der Waals surface area contributed by atoms with Crippen LogP contribution in [0.15, 0.2) is 30.5 Å². The molecule has 1 fully saturated rings. The molecule has 3 rings (SSSR count). The number of aryl methyl sites for hydroxylation is 1. The van der Waals surface area contributed by atoms with Gasteiger partial charge in [-0.3, -0.25) is 14.5 Å². The van der Waals surface area contributed by atoms with Crippen molar-refractivity contribution in [2.24, 2.45) is 0 Å². The van der Waals surface area contributed by atoms with E-state index in [1.54, 1.807) is 0 Å². The maximum Gasteiger partial charge on any atom is 0.320 e. The molecule has 5 heteroatoms. The van der Waals surface area contributed by atoms with E-state index in [-0.39, 0.29) is 5.78 Å². The molecular weight excluding hydrogens is 304 g/mol. The van der Waals surface area contributed by atoms with E-state index in [1.165, 1.54) is 0 Å². The smallest absolute Gasteiger partial charge is 0.320 e. The van der Waals surface area contributed by atoms with Gasteiger partial charge in [0.25, 0.3) is 0 Å². The molecule has 0 aliphatic carbocycles. The number of benzene rings is 1. The fourth-order valence-corrected chi connectivity index (χ4v) is 3.65. The Labute approximate surface area is 141 Å². The number of para-hydroxylation sites is 1. The van der Waals surface area contributed by atoms with Gasteiger partial charge in [-0.25, -0.2) is 0 Å². The Bertz CT molecular complexity index is 750. The number of nitrogens with zero attached hydrogens (tertiary/aromatic N) is 2. The molecular formula is C19H24N2O3. The number of carboxylic acid groups (broad SMARTS) is 1. The number of fused-ring (bicyclic) bond motifs is 1. The molecule has 0 radical (unpaired) electrons. The lowest BCUT2D eigenvalue weighted by Crippen LogP contribution is -2.45. The van der Waals surface area contributed by atoms with Crippen molar-refractivity contribution in [2.45, 2.75) is 45.2 Å². The van der Waals surface area contributed by atoms with Crippen LogP contribution < -0.4 is 0 Å². The highest BCUT2D eigenvalue weighted by atomic mass is 16.4. The number of Topliss-reactive ketones (excluding diaryl/α,β-unsaturated/α-hetero) is 1. The number of carbonyl (C=O) groups is 2. The van der Waals surface area contributed by atoms with Crippen LogP contribution in [0.2, 0.25) is 0 Å². The van der Waals surface area contributed by atoms with Gasteiger partial charge in [0.2, 0.25) is 0 Å². The summed E-state index contributed by atoms with van der Waals surface area (Å²) in [4.78, 5) is 26.0. The number of rotatable bonds is 6. The topological polar surface area (TPSA) is 62.5 Å². The second-order valence-electron chi connectivity index (χ2n) is 6.40. The van der Waals surface area contributed by atoms with Crippen molar-refractivity contribution in [2.75, 3.05) is 13.1 Å². The van der Waals surface area contributed by atoms with Gasteiger partial charge < -0.3 is 9.67 Å². The van der Waals surface area contributed by atoms with Crippen LogP contribution in [0.5, 0.6) is 0 Å². The first-order valence-corrected chi connectivity index (χ1v) is 8.69. The van der Waals surface area contributed by atoms with Crippen LogP contribution in [-0.2, 0) is 11.3 Å². The van der Waals surface area contributed by atoms with Crippen molar-refractivity contribution in [3.8, 4) is 0 Å². The summed E-state index contributed by atoms with van der Waals surface area (Å²) in [5.74, 6) is -0.683. The Morgan fingerprint density at radius 1 is 1.25 bits per heavy atom. The summed E-state index contributed by atoms with van der Waals surface area (Å²) >= 11 is 0. The largest absolute Gasteiger partial charge is 0.480 e. The molecule has 0 bridgehead atoms. The molecule has 1 aromatic heterocycles. The summed E-state index contributed by atoms with van der Waals surface area (Å²) in [5, 5.41) is 10.3. The molecule has 0 spiro atoms. The molecule has 1 aliphatic rings. The second-order valence-corrected chi connectivity index (χ2v) is 6.40. The minimum absolute atomic E-state index is 0.0908. The number of likely N-dealkylation sites (tertiary alicyclic amines) is 1. The Balaban J connectivity index is 1.74. The van der Waals surface area contributed by atoms with Crippen molar-refractivity contribution < 1.29 is 14.7 Å². The minimum atomic E-state index is -0.773. The van der Waals surface area contributed by atoms with Crippen LogP contribution in [0.25, 0.3) is 10.9 Å². The van der Waals surface area contributed by atoms with Crippen LogP contribution in [0.1, 0.15) is 43.0 Å². The molecule has 5 nitrogen and oxygen atoms in total. The standard InChI is InChI=1S/C19H24N2O3/c1-2-20-13-15(14-7-3-4-8-16(14)20)18(22)10-12-21-11-6-5-9-17(21)19(23)24/h3-4,7-8,13,17H,2,5-6,9-12H2,1H3,(H,23,24). The van der Waals surface area contributed by atoms with Gasteiger partial charge in [0.05, 0.1) is 0 Å². The third-order valence-electron chi connectivity index (χ3n) is 4.95. The highest BCUT2D eigenvalue weighted by Gasteiger charge is 2.28. The molecule has 1 N–H and O–H groups in total. The molecule has 0 saturated carbocycles. The summed E-state index contributed by atoms with van der Waals surface area (Å²) in [7, 11) is 0. The van der Waals surface area contributed by atoms with E-state index in [0.717, 1.165) is 42.4 Å². The Morgan fingerprint density at radius 2 is 2.04 bits per heavy atom. The van der Waals surface area contributed by atoms with Gasteiger partial charge in [-0.05, 0) is 32.4 Å². The third-order valence-corrected chi connectivity index (χ3v) is 4.95. The zero-order valence-electron chi connectivity index (χ0n) is 14.1. The summed E-state index contributed by atoms with van der Waals surface area (Å²) in [6, 6.07) is 7.50. The van der Waals surface area contributed by atoms with Crippen LogP contribution in [0.4, 0.5) is 0 Å². The molecule has 2 aromatic rings. The first-order chi connectivity index (χ1) is 11.6. The van der Waals surface area contributed by atoms with Crippen molar-refractivity contribution in [3.63, 3.8) is 0 Å². The van der Waals surface area contributed by atoms with E-state index in [4.69, 9.17) is 0 Å². The highest BCUT2D eigenvalue weighted by molar-refractivity contribution is 6.08. The number of hydrogen-bond acceptors (Lipinski definition) is 3. The van der Waals surface area contributed by atoms with Crippen LogP contribution in [-0.4, -0.2) is 45.5 Å². The number of carboxylic acids is 1. The van der Waals surface area contributed by atoms with Gasteiger partial charge in [0.1, 0.15) is 6.04 Å². The zero-order valence-corrected chi connectivity index (χ0v) is 14.1. The number of aromatic nitrogens is 1. The lowest BCUT2D eigenvalue weighted by atomic mass is 10.0. The monoisotopic (exact) mass is 328 g/mol. The van der Waals surface area contributed by atoms with Gasteiger partial charge >= 0.3 is 5.97 Å². The highest BCUT2D eigenvalue weighted by Crippen LogP contribution is 2.23. The quantitative estimate of drug-likeness (QED) is 0.827. The van der Waals surface area contributed by atoms with Gasteiger partial charge in [-0.1, -0.05) is 24.6 Å². The van der Waals surface area contributed by atoms with Gasteiger partial charge in [0.15, 0.2) is 5.78 Å². The molecule has 1 aromatic carbocycles. The van der Waals surface area contributed by atoms with Crippen LogP contribution >= 0.6 is 0 Å². The van der Waals surface area contributed by atoms with E-state index in [9.17, 15) is 14.7 Å². The predicted octanol–water partition coefficient (Wildman–Crippen LogP) is 3.17. The van der Waals surface area contributed by atoms with E-state index < -0.39 is 12.0 Å². The average molecular weight is 328 g/mol. The fraction of sp³-hybridized carbons (Fsp3) is 0.474. The maximum absolute atomic E-state index is 12.7.